The largest absolute Gasteiger partial charge is 0.388 e. The summed E-state index contributed by atoms with van der Waals surface area (Å²) in [6, 6.07) is 0. The molecule has 1 fully saturated rings. The zero-order valence-electron chi connectivity index (χ0n) is 10.3. The molecule has 1 aliphatic carbocycles. The van der Waals surface area contributed by atoms with Gasteiger partial charge in [-0.05, 0) is 6.42 Å². The van der Waals surface area contributed by atoms with E-state index in [2.05, 4.69) is 10.2 Å². The minimum atomic E-state index is -2.61. The number of halogens is 2. The van der Waals surface area contributed by atoms with Gasteiger partial charge in [-0.2, -0.15) is 0 Å². The van der Waals surface area contributed by atoms with E-state index in [0.29, 0.717) is 31.2 Å². The molecule has 0 bridgehead atoms. The predicted molar refractivity (Wildman–Crippen MR) is 59.4 cm³/mol. The quantitative estimate of drug-likeness (QED) is 0.868. The molecule has 0 spiro atoms. The summed E-state index contributed by atoms with van der Waals surface area (Å²) < 4.78 is 33.1. The molecular formula is C11H17F2N3O2. The van der Waals surface area contributed by atoms with Crippen LogP contribution >= 0.6 is 0 Å². The minimum absolute atomic E-state index is 0.108. The Labute approximate surface area is 104 Å². The van der Waals surface area contributed by atoms with E-state index in [-0.39, 0.29) is 25.4 Å². The molecule has 0 radical (unpaired) electrons. The summed E-state index contributed by atoms with van der Waals surface area (Å²) in [6.07, 6.45) is 0.107. The van der Waals surface area contributed by atoms with Crippen LogP contribution < -0.4 is 0 Å². The number of nitrogens with zero attached hydrogens (tertiary/aromatic N) is 3. The molecule has 0 aliphatic heterocycles. The van der Waals surface area contributed by atoms with E-state index in [0.717, 1.165) is 0 Å². The molecule has 1 saturated carbocycles. The molecule has 18 heavy (non-hydrogen) atoms. The Morgan fingerprint density at radius 3 is 2.83 bits per heavy atom. The number of alkyl halides is 2. The molecule has 5 nitrogen and oxygen atoms in total. The molecule has 1 aliphatic rings. The van der Waals surface area contributed by atoms with E-state index >= 15 is 0 Å². The highest BCUT2D eigenvalue weighted by atomic mass is 19.3. The molecule has 7 heteroatoms. The molecule has 0 aromatic carbocycles. The number of aromatic nitrogens is 3. The zero-order chi connectivity index (χ0) is 13.2. The summed E-state index contributed by atoms with van der Waals surface area (Å²) in [5, 5.41) is 17.0. The van der Waals surface area contributed by atoms with Crippen LogP contribution in [0.3, 0.4) is 0 Å². The van der Waals surface area contributed by atoms with Crippen molar-refractivity contribution in [2.24, 2.45) is 0 Å². The van der Waals surface area contributed by atoms with E-state index in [1.165, 1.54) is 0 Å². The summed E-state index contributed by atoms with van der Waals surface area (Å²) in [4.78, 5) is 0. The summed E-state index contributed by atoms with van der Waals surface area (Å²) in [5.41, 5.74) is 0. The van der Waals surface area contributed by atoms with E-state index in [1.54, 1.807) is 11.7 Å². The maximum absolute atomic E-state index is 13.2. The maximum Gasteiger partial charge on any atom is 0.248 e. The topological polar surface area (TPSA) is 60.2 Å². The van der Waals surface area contributed by atoms with Gasteiger partial charge in [0.2, 0.25) is 5.92 Å². The number of hydrogen-bond donors (Lipinski definition) is 1. The molecule has 0 saturated heterocycles. The second kappa shape index (κ2) is 5.27. The highest BCUT2D eigenvalue weighted by Gasteiger charge is 2.42. The molecule has 1 atom stereocenters. The number of aliphatic hydroxyl groups excluding tert-OH is 1. The van der Waals surface area contributed by atoms with Gasteiger partial charge in [-0.25, -0.2) is 8.78 Å². The fourth-order valence-electron chi connectivity index (χ4n) is 2.36. The number of ether oxygens (including phenoxy) is 1. The standard InChI is InChI=1S/C11H17F2N3O2/c1-18-5-4-16-9(7-17)14-15-10(16)8-2-3-11(12,13)6-8/h8,17H,2-7H2,1H3. The molecule has 1 heterocycles. The van der Waals surface area contributed by atoms with Gasteiger partial charge in [0.05, 0.1) is 6.61 Å². The van der Waals surface area contributed by atoms with Crippen molar-refractivity contribution in [3.63, 3.8) is 0 Å². The Morgan fingerprint density at radius 2 is 2.28 bits per heavy atom. The number of hydrogen-bond acceptors (Lipinski definition) is 4. The first-order valence-corrected chi connectivity index (χ1v) is 5.97. The lowest BCUT2D eigenvalue weighted by Gasteiger charge is -2.13. The van der Waals surface area contributed by atoms with Crippen LogP contribution in [0.1, 0.15) is 36.8 Å². The van der Waals surface area contributed by atoms with E-state index in [1.807, 2.05) is 0 Å². The van der Waals surface area contributed by atoms with Gasteiger partial charge in [0.25, 0.3) is 0 Å². The number of methoxy groups -OCH3 is 1. The van der Waals surface area contributed by atoms with Gasteiger partial charge in [-0.15, -0.1) is 10.2 Å². The Kier molecular flexibility index (Phi) is 3.91. The lowest BCUT2D eigenvalue weighted by Crippen LogP contribution is -2.15. The van der Waals surface area contributed by atoms with Crippen LogP contribution in [0.4, 0.5) is 8.78 Å². The highest BCUT2D eigenvalue weighted by Crippen LogP contribution is 2.43. The molecule has 1 aromatic heterocycles. The normalized spacial score (nSPS) is 22.6. The SMILES string of the molecule is COCCn1c(CO)nnc1C1CCC(F)(F)C1. The van der Waals surface area contributed by atoms with E-state index in [4.69, 9.17) is 9.84 Å². The molecule has 1 N–H and O–H groups in total. The highest BCUT2D eigenvalue weighted by molar-refractivity contribution is 5.06. The second-order valence-electron chi connectivity index (χ2n) is 4.57. The van der Waals surface area contributed by atoms with Gasteiger partial charge in [-0.3, -0.25) is 0 Å². The lowest BCUT2D eigenvalue weighted by molar-refractivity contribution is 0.00742. The fourth-order valence-corrected chi connectivity index (χ4v) is 2.36. The molecule has 0 amide bonds. The van der Waals surface area contributed by atoms with Crippen LogP contribution in [0.2, 0.25) is 0 Å². The van der Waals surface area contributed by atoms with Crippen molar-refractivity contribution >= 4 is 0 Å². The third-order valence-corrected chi connectivity index (χ3v) is 3.29. The van der Waals surface area contributed by atoms with Crippen LogP contribution in [0.5, 0.6) is 0 Å². The van der Waals surface area contributed by atoms with Crippen molar-refractivity contribution in [3.05, 3.63) is 11.6 Å². The van der Waals surface area contributed by atoms with Crippen molar-refractivity contribution in [1.82, 2.24) is 14.8 Å². The van der Waals surface area contributed by atoms with E-state index in [9.17, 15) is 8.78 Å². The smallest absolute Gasteiger partial charge is 0.248 e. The van der Waals surface area contributed by atoms with Crippen LogP contribution in [0, 0.1) is 0 Å². The third kappa shape index (κ3) is 2.67. The van der Waals surface area contributed by atoms with Crippen molar-refractivity contribution in [2.75, 3.05) is 13.7 Å². The molecule has 1 aromatic rings. The van der Waals surface area contributed by atoms with Gasteiger partial charge in [0.15, 0.2) is 5.82 Å². The van der Waals surface area contributed by atoms with E-state index < -0.39 is 5.92 Å². The van der Waals surface area contributed by atoms with Gasteiger partial charge in [0, 0.05) is 32.4 Å². The average molecular weight is 261 g/mol. The minimum Gasteiger partial charge on any atom is -0.388 e. The predicted octanol–water partition coefficient (Wildman–Crippen LogP) is 1.32. The first kappa shape index (κ1) is 13.4. The summed E-state index contributed by atoms with van der Waals surface area (Å²) in [5.74, 6) is -1.96. The summed E-state index contributed by atoms with van der Waals surface area (Å²) in [7, 11) is 1.56. The first-order chi connectivity index (χ1) is 8.57. The summed E-state index contributed by atoms with van der Waals surface area (Å²) >= 11 is 0. The molecular weight excluding hydrogens is 244 g/mol. The first-order valence-electron chi connectivity index (χ1n) is 5.97. The van der Waals surface area contributed by atoms with Gasteiger partial charge < -0.3 is 14.4 Å². The molecule has 102 valence electrons. The Morgan fingerprint density at radius 1 is 1.50 bits per heavy atom. The van der Waals surface area contributed by atoms with Crippen molar-refractivity contribution in [3.8, 4) is 0 Å². The average Bonchev–Trinajstić information content (AvgIpc) is 2.89. The van der Waals surface area contributed by atoms with Crippen LogP contribution in [-0.4, -0.2) is 39.5 Å². The van der Waals surface area contributed by atoms with Gasteiger partial charge >= 0.3 is 0 Å². The fraction of sp³-hybridized carbons (Fsp3) is 0.818. The van der Waals surface area contributed by atoms with Crippen LogP contribution in [0.25, 0.3) is 0 Å². The monoisotopic (exact) mass is 261 g/mol. The lowest BCUT2D eigenvalue weighted by atomic mass is 10.1. The van der Waals surface area contributed by atoms with Crippen molar-refractivity contribution in [1.29, 1.82) is 0 Å². The zero-order valence-corrected chi connectivity index (χ0v) is 10.3. The van der Waals surface area contributed by atoms with Crippen molar-refractivity contribution in [2.45, 2.75) is 44.3 Å². The second-order valence-corrected chi connectivity index (χ2v) is 4.57. The number of rotatable bonds is 5. The third-order valence-electron chi connectivity index (χ3n) is 3.29. The molecule has 1 unspecified atom stereocenters. The van der Waals surface area contributed by atoms with Gasteiger partial charge in [0.1, 0.15) is 12.4 Å². The van der Waals surface area contributed by atoms with Crippen molar-refractivity contribution < 1.29 is 18.6 Å². The Balaban J connectivity index is 2.19. The Bertz CT molecular complexity index is 409. The molecule has 2 rings (SSSR count). The van der Waals surface area contributed by atoms with Crippen LogP contribution in [-0.2, 0) is 17.9 Å². The van der Waals surface area contributed by atoms with Gasteiger partial charge in [-0.1, -0.05) is 0 Å². The summed E-state index contributed by atoms with van der Waals surface area (Å²) in [6.45, 7) is 0.651. The maximum atomic E-state index is 13.2. The number of aliphatic hydroxyl groups is 1. The Hall–Kier alpha value is -1.08. The van der Waals surface area contributed by atoms with Crippen LogP contribution in [0.15, 0.2) is 0 Å².